The summed E-state index contributed by atoms with van der Waals surface area (Å²) in [6, 6.07) is 5.90. The number of hydrogen-bond donors (Lipinski definition) is 1. The maximum Gasteiger partial charge on any atom is 0.248 e. The fourth-order valence-corrected chi connectivity index (χ4v) is 3.24. The fourth-order valence-electron chi connectivity index (χ4n) is 3.24. The zero-order valence-corrected chi connectivity index (χ0v) is 10.9. The Hall–Kier alpha value is -1.39. The molecule has 0 radical (unpaired) electrons. The summed E-state index contributed by atoms with van der Waals surface area (Å²) in [5.74, 6) is -2.72. The smallest absolute Gasteiger partial charge is 0.248 e. The second-order valence-electron chi connectivity index (χ2n) is 5.63. The van der Waals surface area contributed by atoms with E-state index in [-0.39, 0.29) is 31.6 Å². The number of benzene rings is 1. The second kappa shape index (κ2) is 4.05. The Morgan fingerprint density at radius 1 is 1.21 bits per heavy atom. The van der Waals surface area contributed by atoms with Crippen LogP contribution in [0.1, 0.15) is 31.2 Å². The molecule has 0 atom stereocenters. The molecule has 1 fully saturated rings. The minimum absolute atomic E-state index is 0.105. The molecular formula is C14H16BF2NO. The van der Waals surface area contributed by atoms with Gasteiger partial charge in [0.2, 0.25) is 11.8 Å². The molecule has 100 valence electrons. The summed E-state index contributed by atoms with van der Waals surface area (Å²) in [6.07, 6.45) is 0.0827. The number of nitrogens with one attached hydrogen (secondary N) is 1. The molecule has 2 nitrogen and oxygen atoms in total. The van der Waals surface area contributed by atoms with Gasteiger partial charge in [-0.25, -0.2) is 8.78 Å². The van der Waals surface area contributed by atoms with Crippen LogP contribution in [-0.4, -0.2) is 19.1 Å². The van der Waals surface area contributed by atoms with Gasteiger partial charge in [0.15, 0.2) is 7.28 Å². The van der Waals surface area contributed by atoms with Gasteiger partial charge >= 0.3 is 0 Å². The maximum absolute atomic E-state index is 13.3. The molecule has 1 aliphatic carbocycles. The standard InChI is InChI=1S/C14H16BF2NO/c1-15-9-2-3-10-11(8-9)18-12(19)13(10)4-6-14(16,17)7-5-13/h2-3,8,15H,4-7H2,1H3,(H,18,19). The third-order valence-corrected chi connectivity index (χ3v) is 4.53. The lowest BCUT2D eigenvalue weighted by Gasteiger charge is -2.35. The third kappa shape index (κ3) is 1.87. The van der Waals surface area contributed by atoms with Crippen LogP contribution in [0.15, 0.2) is 18.2 Å². The van der Waals surface area contributed by atoms with E-state index >= 15 is 0 Å². The predicted molar refractivity (Wildman–Crippen MR) is 72.8 cm³/mol. The Kier molecular flexibility index (Phi) is 2.70. The van der Waals surface area contributed by atoms with Gasteiger partial charge in [-0.15, -0.1) is 0 Å². The van der Waals surface area contributed by atoms with Crippen molar-refractivity contribution in [1.82, 2.24) is 0 Å². The van der Waals surface area contributed by atoms with Crippen molar-refractivity contribution >= 4 is 24.3 Å². The molecule has 1 N–H and O–H groups in total. The van der Waals surface area contributed by atoms with Gasteiger partial charge in [0.05, 0.1) is 5.41 Å². The highest BCUT2D eigenvalue weighted by Crippen LogP contribution is 2.50. The van der Waals surface area contributed by atoms with Gasteiger partial charge in [-0.1, -0.05) is 24.4 Å². The Balaban J connectivity index is 1.99. The Labute approximate surface area is 111 Å². The Bertz CT molecular complexity index is 534. The van der Waals surface area contributed by atoms with Crippen LogP contribution < -0.4 is 10.8 Å². The van der Waals surface area contributed by atoms with Crippen LogP contribution in [-0.2, 0) is 10.2 Å². The second-order valence-corrected chi connectivity index (χ2v) is 5.63. The van der Waals surface area contributed by atoms with Crippen LogP contribution in [0.4, 0.5) is 14.5 Å². The molecule has 1 aliphatic heterocycles. The lowest BCUT2D eigenvalue weighted by atomic mass is 9.67. The normalized spacial score (nSPS) is 23.0. The molecule has 2 aliphatic rings. The van der Waals surface area contributed by atoms with E-state index in [1.165, 1.54) is 0 Å². The molecule has 19 heavy (non-hydrogen) atoms. The third-order valence-electron chi connectivity index (χ3n) is 4.53. The van der Waals surface area contributed by atoms with Crippen molar-refractivity contribution in [2.45, 2.75) is 43.8 Å². The number of anilines is 1. The van der Waals surface area contributed by atoms with Gasteiger partial charge in [-0.05, 0) is 24.5 Å². The minimum Gasteiger partial charge on any atom is -0.325 e. The molecule has 1 saturated carbocycles. The number of halogens is 2. The van der Waals surface area contributed by atoms with Gasteiger partial charge in [0.1, 0.15) is 0 Å². The van der Waals surface area contributed by atoms with E-state index in [0.29, 0.717) is 0 Å². The van der Waals surface area contributed by atoms with Crippen molar-refractivity contribution in [2.75, 3.05) is 5.32 Å². The number of amides is 1. The summed E-state index contributed by atoms with van der Waals surface area (Å²) in [7, 11) is 0.897. The largest absolute Gasteiger partial charge is 0.325 e. The molecule has 1 heterocycles. The number of rotatable bonds is 1. The summed E-state index contributed by atoms with van der Waals surface area (Å²) in [4.78, 5) is 12.3. The van der Waals surface area contributed by atoms with Crippen molar-refractivity contribution in [3.63, 3.8) is 0 Å². The molecule has 5 heteroatoms. The summed E-state index contributed by atoms with van der Waals surface area (Å²) in [6.45, 7) is 2.05. The first-order valence-corrected chi connectivity index (χ1v) is 6.79. The van der Waals surface area contributed by atoms with Crippen molar-refractivity contribution in [3.05, 3.63) is 23.8 Å². The quantitative estimate of drug-likeness (QED) is 0.773. The average molecular weight is 263 g/mol. The van der Waals surface area contributed by atoms with Crippen LogP contribution in [0.5, 0.6) is 0 Å². The predicted octanol–water partition coefficient (Wildman–Crippen LogP) is 2.20. The first kappa shape index (κ1) is 12.6. The van der Waals surface area contributed by atoms with E-state index in [1.807, 2.05) is 18.2 Å². The fraction of sp³-hybridized carbons (Fsp3) is 0.500. The lowest BCUT2D eigenvalue weighted by molar-refractivity contribution is -0.125. The van der Waals surface area contributed by atoms with Crippen LogP contribution in [0.2, 0.25) is 6.82 Å². The summed E-state index contributed by atoms with van der Waals surface area (Å²) >= 11 is 0. The average Bonchev–Trinajstić information content (AvgIpc) is 2.65. The minimum atomic E-state index is -2.61. The summed E-state index contributed by atoms with van der Waals surface area (Å²) in [5, 5.41) is 2.88. The zero-order valence-electron chi connectivity index (χ0n) is 10.9. The van der Waals surface area contributed by atoms with Crippen molar-refractivity contribution < 1.29 is 13.6 Å². The molecule has 1 aromatic rings. The van der Waals surface area contributed by atoms with Crippen LogP contribution in [0, 0.1) is 0 Å². The van der Waals surface area contributed by atoms with E-state index in [2.05, 4.69) is 12.1 Å². The van der Waals surface area contributed by atoms with Gasteiger partial charge in [0.25, 0.3) is 0 Å². The van der Waals surface area contributed by atoms with Crippen molar-refractivity contribution in [1.29, 1.82) is 0 Å². The number of alkyl halides is 2. The molecule has 3 rings (SSSR count). The highest BCUT2D eigenvalue weighted by molar-refractivity contribution is 6.52. The van der Waals surface area contributed by atoms with E-state index < -0.39 is 11.3 Å². The molecule has 0 bridgehead atoms. The van der Waals surface area contributed by atoms with E-state index in [4.69, 9.17) is 0 Å². The topological polar surface area (TPSA) is 29.1 Å². The number of fused-ring (bicyclic) bond motifs is 2. The SMILES string of the molecule is CBc1ccc2c(c1)NC(=O)C21CCC(F)(F)CC1. The van der Waals surface area contributed by atoms with Crippen LogP contribution in [0.3, 0.4) is 0 Å². The van der Waals surface area contributed by atoms with E-state index in [1.54, 1.807) is 0 Å². The van der Waals surface area contributed by atoms with Gasteiger partial charge in [-0.2, -0.15) is 0 Å². The molecular weight excluding hydrogens is 247 g/mol. The molecule has 1 amide bonds. The highest BCUT2D eigenvalue weighted by Gasteiger charge is 2.52. The molecule has 0 saturated heterocycles. The van der Waals surface area contributed by atoms with Crippen molar-refractivity contribution in [2.24, 2.45) is 0 Å². The van der Waals surface area contributed by atoms with Gasteiger partial charge in [-0.3, -0.25) is 4.79 Å². The number of carbonyl (C=O) groups excluding carboxylic acids is 1. The summed E-state index contributed by atoms with van der Waals surface area (Å²) in [5.41, 5.74) is 2.15. The molecule has 0 aromatic heterocycles. The lowest BCUT2D eigenvalue weighted by Crippen LogP contribution is -2.41. The van der Waals surface area contributed by atoms with Gasteiger partial charge < -0.3 is 5.32 Å². The maximum atomic E-state index is 13.3. The van der Waals surface area contributed by atoms with E-state index in [9.17, 15) is 13.6 Å². The molecule has 0 unspecified atom stereocenters. The summed E-state index contributed by atoms with van der Waals surface area (Å²) < 4.78 is 26.7. The van der Waals surface area contributed by atoms with Crippen LogP contribution in [0.25, 0.3) is 0 Å². The van der Waals surface area contributed by atoms with Gasteiger partial charge in [0, 0.05) is 18.5 Å². The number of carbonyl (C=O) groups is 1. The Morgan fingerprint density at radius 2 is 1.89 bits per heavy atom. The molecule has 1 aromatic carbocycles. The van der Waals surface area contributed by atoms with Crippen LogP contribution >= 0.6 is 0 Å². The van der Waals surface area contributed by atoms with E-state index in [0.717, 1.165) is 24.0 Å². The number of hydrogen-bond acceptors (Lipinski definition) is 1. The monoisotopic (exact) mass is 263 g/mol. The first-order valence-electron chi connectivity index (χ1n) is 6.79. The highest BCUT2D eigenvalue weighted by atomic mass is 19.3. The first-order chi connectivity index (χ1) is 8.97. The Morgan fingerprint density at radius 3 is 2.53 bits per heavy atom. The molecule has 1 spiro atoms. The zero-order chi connectivity index (χ0) is 13.7. The van der Waals surface area contributed by atoms with Crippen molar-refractivity contribution in [3.8, 4) is 0 Å².